The van der Waals surface area contributed by atoms with Crippen LogP contribution in [0.3, 0.4) is 0 Å². The fourth-order valence-corrected chi connectivity index (χ4v) is 0.709. The van der Waals surface area contributed by atoms with Gasteiger partial charge in [-0.25, -0.2) is 0 Å². The molecule has 0 saturated carbocycles. The minimum atomic E-state index is -0.657. The first-order chi connectivity index (χ1) is 4.46. The van der Waals surface area contributed by atoms with Crippen molar-refractivity contribution in [2.75, 3.05) is 14.1 Å². The van der Waals surface area contributed by atoms with Crippen LogP contribution in [0.5, 0.6) is 0 Å². The lowest BCUT2D eigenvalue weighted by atomic mass is 10.1. The zero-order chi connectivity index (χ0) is 8.31. The van der Waals surface area contributed by atoms with E-state index in [9.17, 15) is 5.11 Å². The van der Waals surface area contributed by atoms with Gasteiger partial charge in [0.2, 0.25) is 0 Å². The van der Waals surface area contributed by atoms with Crippen molar-refractivity contribution < 1.29 is 10.2 Å². The summed E-state index contributed by atoms with van der Waals surface area (Å²) in [5.41, 5.74) is 0. The summed E-state index contributed by atoms with van der Waals surface area (Å²) in [6.07, 6.45) is -1.31. The maximum atomic E-state index is 9.27. The van der Waals surface area contributed by atoms with Crippen LogP contribution in [0.15, 0.2) is 0 Å². The van der Waals surface area contributed by atoms with Crippen molar-refractivity contribution in [1.29, 1.82) is 0 Å². The van der Waals surface area contributed by atoms with Gasteiger partial charge in [0.05, 0.1) is 12.2 Å². The summed E-state index contributed by atoms with van der Waals surface area (Å²) < 4.78 is 0. The van der Waals surface area contributed by atoms with Gasteiger partial charge >= 0.3 is 0 Å². The fourth-order valence-electron chi connectivity index (χ4n) is 0.709. The van der Waals surface area contributed by atoms with Crippen molar-refractivity contribution >= 4 is 0 Å². The maximum absolute atomic E-state index is 9.27. The lowest BCUT2D eigenvalue weighted by Gasteiger charge is -2.26. The molecule has 3 heteroatoms. The second-order valence-electron chi connectivity index (χ2n) is 2.94. The molecule has 10 heavy (non-hydrogen) atoms. The van der Waals surface area contributed by atoms with Gasteiger partial charge in [0, 0.05) is 6.04 Å². The van der Waals surface area contributed by atoms with E-state index in [4.69, 9.17) is 5.11 Å². The Hall–Kier alpha value is -0.120. The van der Waals surface area contributed by atoms with E-state index in [0.29, 0.717) is 0 Å². The third-order valence-electron chi connectivity index (χ3n) is 1.80. The highest BCUT2D eigenvalue weighted by Crippen LogP contribution is 2.03. The Bertz CT molecular complexity index is 81.6. The fraction of sp³-hybridized carbons (Fsp3) is 1.00. The minimum absolute atomic E-state index is 0.000000000000000444. The van der Waals surface area contributed by atoms with Crippen LogP contribution in [0.1, 0.15) is 13.8 Å². The molecule has 0 heterocycles. The van der Waals surface area contributed by atoms with Gasteiger partial charge in [-0.1, -0.05) is 0 Å². The topological polar surface area (TPSA) is 43.7 Å². The number of aliphatic hydroxyl groups excluding tert-OH is 2. The molecule has 3 nitrogen and oxygen atoms in total. The van der Waals surface area contributed by atoms with Gasteiger partial charge in [-0.05, 0) is 27.9 Å². The third kappa shape index (κ3) is 2.64. The van der Waals surface area contributed by atoms with Crippen LogP contribution >= 0.6 is 0 Å². The van der Waals surface area contributed by atoms with Crippen molar-refractivity contribution in [1.82, 2.24) is 4.90 Å². The van der Waals surface area contributed by atoms with E-state index < -0.39 is 12.2 Å². The highest BCUT2D eigenvalue weighted by molar-refractivity contribution is 4.74. The van der Waals surface area contributed by atoms with Crippen molar-refractivity contribution in [3.8, 4) is 0 Å². The molecule has 0 spiro atoms. The number of hydrogen-bond acceptors (Lipinski definition) is 3. The summed E-state index contributed by atoms with van der Waals surface area (Å²) in [5, 5.41) is 18.2. The van der Waals surface area contributed by atoms with Crippen LogP contribution in [-0.2, 0) is 0 Å². The molecular weight excluding hydrogens is 130 g/mol. The Balaban J connectivity index is 3.81. The molecule has 0 amide bonds. The van der Waals surface area contributed by atoms with Crippen molar-refractivity contribution in [3.05, 3.63) is 0 Å². The first kappa shape index (κ1) is 9.88. The van der Waals surface area contributed by atoms with Crippen LogP contribution in [-0.4, -0.2) is 47.5 Å². The average molecular weight is 147 g/mol. The molecule has 3 unspecified atom stereocenters. The van der Waals surface area contributed by atoms with Crippen LogP contribution < -0.4 is 0 Å². The number of hydrogen-bond donors (Lipinski definition) is 2. The smallest absolute Gasteiger partial charge is 0.0948 e. The van der Waals surface area contributed by atoms with Gasteiger partial charge in [-0.15, -0.1) is 0 Å². The number of nitrogens with zero attached hydrogens (tertiary/aromatic N) is 1. The Kier molecular flexibility index (Phi) is 3.86. The highest BCUT2D eigenvalue weighted by atomic mass is 16.3. The number of aliphatic hydroxyl groups is 2. The van der Waals surface area contributed by atoms with Crippen LogP contribution in [0, 0.1) is 0 Å². The lowest BCUT2D eigenvalue weighted by molar-refractivity contribution is -0.0130. The predicted molar refractivity (Wildman–Crippen MR) is 40.8 cm³/mol. The van der Waals surface area contributed by atoms with Crippen molar-refractivity contribution in [2.24, 2.45) is 0 Å². The molecule has 0 radical (unpaired) electrons. The molecule has 0 aromatic carbocycles. The molecule has 0 saturated heterocycles. The van der Waals surface area contributed by atoms with Crippen molar-refractivity contribution in [3.63, 3.8) is 0 Å². The molecule has 0 rings (SSSR count). The van der Waals surface area contributed by atoms with Crippen LogP contribution in [0.2, 0.25) is 0 Å². The molecule has 0 bridgehead atoms. The summed E-state index contributed by atoms with van der Waals surface area (Å²) in [6.45, 7) is 3.46. The zero-order valence-electron chi connectivity index (χ0n) is 7.07. The molecule has 2 N–H and O–H groups in total. The van der Waals surface area contributed by atoms with E-state index in [1.807, 2.05) is 25.9 Å². The Morgan fingerprint density at radius 1 is 1.10 bits per heavy atom. The van der Waals surface area contributed by atoms with E-state index in [2.05, 4.69) is 0 Å². The maximum Gasteiger partial charge on any atom is 0.0948 e. The first-order valence-electron chi connectivity index (χ1n) is 3.49. The van der Waals surface area contributed by atoms with Crippen molar-refractivity contribution in [2.45, 2.75) is 32.1 Å². The highest BCUT2D eigenvalue weighted by Gasteiger charge is 2.20. The standard InChI is InChI=1S/C7H17NO2/c1-5(8(3)4)7(10)6(2)9/h5-7,9-10H,1-4H3. The molecular formula is C7H17NO2. The molecule has 0 aliphatic rings. The van der Waals surface area contributed by atoms with E-state index in [1.165, 1.54) is 0 Å². The summed E-state index contributed by atoms with van der Waals surface area (Å²) in [5.74, 6) is 0. The molecule has 0 aromatic rings. The van der Waals surface area contributed by atoms with Crippen LogP contribution in [0.4, 0.5) is 0 Å². The molecule has 0 aliphatic heterocycles. The second kappa shape index (κ2) is 3.91. The van der Waals surface area contributed by atoms with Gasteiger partial charge in [0.1, 0.15) is 0 Å². The summed E-state index contributed by atoms with van der Waals surface area (Å²) in [6, 6.07) is -0.000000000000000444. The molecule has 62 valence electrons. The van der Waals surface area contributed by atoms with Gasteiger partial charge in [-0.2, -0.15) is 0 Å². The van der Waals surface area contributed by atoms with E-state index in [1.54, 1.807) is 6.92 Å². The molecule has 0 fully saturated rings. The third-order valence-corrected chi connectivity index (χ3v) is 1.80. The zero-order valence-corrected chi connectivity index (χ0v) is 7.07. The largest absolute Gasteiger partial charge is 0.391 e. The molecule has 0 aliphatic carbocycles. The monoisotopic (exact) mass is 147 g/mol. The first-order valence-corrected chi connectivity index (χ1v) is 3.49. The Morgan fingerprint density at radius 3 is 1.60 bits per heavy atom. The Morgan fingerprint density at radius 2 is 1.50 bits per heavy atom. The summed E-state index contributed by atoms with van der Waals surface area (Å²) in [7, 11) is 3.74. The second-order valence-corrected chi connectivity index (χ2v) is 2.94. The van der Waals surface area contributed by atoms with Crippen LogP contribution in [0.25, 0.3) is 0 Å². The van der Waals surface area contributed by atoms with Gasteiger partial charge in [-0.3, -0.25) is 0 Å². The SMILES string of the molecule is CC(O)C(O)C(C)N(C)C. The normalized spacial score (nSPS) is 20.7. The predicted octanol–water partition coefficient (Wildman–Crippen LogP) is -0.322. The average Bonchev–Trinajstić information content (AvgIpc) is 1.84. The van der Waals surface area contributed by atoms with E-state index in [-0.39, 0.29) is 6.04 Å². The quantitative estimate of drug-likeness (QED) is 0.575. The molecule has 0 aromatic heterocycles. The Labute approximate surface area is 62.3 Å². The van der Waals surface area contributed by atoms with Gasteiger partial charge in [0.25, 0.3) is 0 Å². The molecule has 3 atom stereocenters. The minimum Gasteiger partial charge on any atom is -0.391 e. The van der Waals surface area contributed by atoms with Gasteiger partial charge in [0.15, 0.2) is 0 Å². The number of rotatable bonds is 3. The number of likely N-dealkylation sites (N-methyl/N-ethyl adjacent to an activating group) is 1. The lowest BCUT2D eigenvalue weighted by Crippen LogP contribution is -2.42. The van der Waals surface area contributed by atoms with E-state index >= 15 is 0 Å². The van der Waals surface area contributed by atoms with Gasteiger partial charge < -0.3 is 15.1 Å². The summed E-state index contributed by atoms with van der Waals surface area (Å²) in [4.78, 5) is 1.87. The van der Waals surface area contributed by atoms with E-state index in [0.717, 1.165) is 0 Å². The summed E-state index contributed by atoms with van der Waals surface area (Å²) >= 11 is 0.